The number of methoxy groups -OCH3 is 1. The molecule has 1 heterocycles. The number of ether oxygens (including phenoxy) is 1. The Morgan fingerprint density at radius 1 is 1.11 bits per heavy atom. The van der Waals surface area contributed by atoms with E-state index in [-0.39, 0.29) is 13.1 Å². The number of imide groups is 1. The number of nitrogens with zero attached hydrogens (tertiary/aromatic N) is 1. The van der Waals surface area contributed by atoms with Gasteiger partial charge in [0, 0.05) is 12.1 Å². The molecule has 0 aliphatic carbocycles. The number of amides is 4. The molecule has 2 aromatic rings. The number of urea groups is 1. The van der Waals surface area contributed by atoms with Gasteiger partial charge in [-0.1, -0.05) is 55.5 Å². The highest BCUT2D eigenvalue weighted by Crippen LogP contribution is 2.32. The Labute approximate surface area is 163 Å². The molecule has 28 heavy (non-hydrogen) atoms. The molecule has 3 rings (SSSR count). The molecule has 0 saturated carbocycles. The summed E-state index contributed by atoms with van der Waals surface area (Å²) in [6.45, 7) is 1.73. The lowest BCUT2D eigenvalue weighted by atomic mass is 9.87. The van der Waals surface area contributed by atoms with Crippen LogP contribution in [0.4, 0.5) is 4.79 Å². The van der Waals surface area contributed by atoms with Gasteiger partial charge in [-0.25, -0.2) is 4.79 Å². The van der Waals surface area contributed by atoms with Crippen LogP contribution in [-0.4, -0.2) is 36.4 Å². The van der Waals surface area contributed by atoms with Crippen molar-refractivity contribution in [2.45, 2.75) is 25.4 Å². The average molecular weight is 381 g/mol. The maximum Gasteiger partial charge on any atom is 0.325 e. The summed E-state index contributed by atoms with van der Waals surface area (Å²) in [4.78, 5) is 38.8. The van der Waals surface area contributed by atoms with Crippen molar-refractivity contribution in [2.24, 2.45) is 0 Å². The Kier molecular flexibility index (Phi) is 5.63. The number of rotatable bonds is 7. The fourth-order valence-electron chi connectivity index (χ4n) is 3.37. The molecular formula is C21H23N3O4. The molecule has 1 atom stereocenters. The molecule has 0 radical (unpaired) electrons. The largest absolute Gasteiger partial charge is 0.496 e. The predicted molar refractivity (Wildman–Crippen MR) is 103 cm³/mol. The van der Waals surface area contributed by atoms with Crippen molar-refractivity contribution in [2.75, 3.05) is 13.7 Å². The molecule has 0 spiro atoms. The summed E-state index contributed by atoms with van der Waals surface area (Å²) < 4.78 is 5.26. The zero-order valence-corrected chi connectivity index (χ0v) is 15.9. The van der Waals surface area contributed by atoms with E-state index < -0.39 is 23.4 Å². The molecule has 2 N–H and O–H groups in total. The van der Waals surface area contributed by atoms with Crippen LogP contribution in [0.1, 0.15) is 24.5 Å². The first-order chi connectivity index (χ1) is 13.5. The third-order valence-electron chi connectivity index (χ3n) is 4.94. The highest BCUT2D eigenvalue weighted by molar-refractivity contribution is 6.09. The van der Waals surface area contributed by atoms with Gasteiger partial charge in [0.15, 0.2) is 0 Å². The Hall–Kier alpha value is -3.35. The van der Waals surface area contributed by atoms with Gasteiger partial charge in [-0.3, -0.25) is 14.5 Å². The molecule has 1 unspecified atom stereocenters. The molecular weight excluding hydrogens is 358 g/mol. The van der Waals surface area contributed by atoms with Gasteiger partial charge in [-0.05, 0) is 18.1 Å². The molecule has 146 valence electrons. The summed E-state index contributed by atoms with van der Waals surface area (Å²) in [7, 11) is 1.56. The summed E-state index contributed by atoms with van der Waals surface area (Å²) >= 11 is 0. The van der Waals surface area contributed by atoms with Crippen LogP contribution in [0.5, 0.6) is 5.75 Å². The predicted octanol–water partition coefficient (Wildman–Crippen LogP) is 2.17. The van der Waals surface area contributed by atoms with Crippen LogP contribution in [0.15, 0.2) is 54.6 Å². The zero-order valence-electron chi connectivity index (χ0n) is 15.9. The normalized spacial score (nSPS) is 18.7. The van der Waals surface area contributed by atoms with Crippen LogP contribution in [0.2, 0.25) is 0 Å². The SMILES string of the molecule is CCC1(c2ccccc2)NC(=O)N(CC(=O)NCc2ccccc2OC)C1=O. The lowest BCUT2D eigenvalue weighted by Gasteiger charge is -2.25. The van der Waals surface area contributed by atoms with Gasteiger partial charge in [0.1, 0.15) is 17.8 Å². The van der Waals surface area contributed by atoms with Crippen molar-refractivity contribution in [3.63, 3.8) is 0 Å². The number of hydrogen-bond donors (Lipinski definition) is 2. The van der Waals surface area contributed by atoms with Crippen molar-refractivity contribution in [3.8, 4) is 5.75 Å². The number of nitrogens with one attached hydrogen (secondary N) is 2. The van der Waals surface area contributed by atoms with Crippen molar-refractivity contribution in [1.29, 1.82) is 0 Å². The van der Waals surface area contributed by atoms with E-state index in [4.69, 9.17) is 4.74 Å². The van der Waals surface area contributed by atoms with Crippen LogP contribution < -0.4 is 15.4 Å². The smallest absolute Gasteiger partial charge is 0.325 e. The standard InChI is InChI=1S/C21H23N3O4/c1-3-21(16-10-5-4-6-11-16)19(26)24(20(27)23-21)14-18(25)22-13-15-9-7-8-12-17(15)28-2/h4-12H,3,13-14H2,1-2H3,(H,22,25)(H,23,27). The minimum atomic E-state index is -1.14. The van der Waals surface area contributed by atoms with Crippen LogP contribution in [-0.2, 0) is 21.7 Å². The molecule has 1 saturated heterocycles. The lowest BCUT2D eigenvalue weighted by molar-refractivity contribution is -0.135. The van der Waals surface area contributed by atoms with Crippen molar-refractivity contribution >= 4 is 17.8 Å². The number of para-hydroxylation sites is 1. The van der Waals surface area contributed by atoms with Crippen LogP contribution in [0, 0.1) is 0 Å². The highest BCUT2D eigenvalue weighted by Gasteiger charge is 2.51. The van der Waals surface area contributed by atoms with Crippen molar-refractivity contribution in [3.05, 3.63) is 65.7 Å². The van der Waals surface area contributed by atoms with Gasteiger partial charge < -0.3 is 15.4 Å². The first kappa shape index (κ1) is 19.4. The van der Waals surface area contributed by atoms with E-state index in [2.05, 4.69) is 10.6 Å². The quantitative estimate of drug-likeness (QED) is 0.720. The molecule has 7 nitrogen and oxygen atoms in total. The van der Waals surface area contributed by atoms with Gasteiger partial charge in [0.05, 0.1) is 7.11 Å². The van der Waals surface area contributed by atoms with Crippen molar-refractivity contribution in [1.82, 2.24) is 15.5 Å². The minimum Gasteiger partial charge on any atom is -0.496 e. The first-order valence-corrected chi connectivity index (χ1v) is 9.10. The Morgan fingerprint density at radius 2 is 1.79 bits per heavy atom. The summed E-state index contributed by atoms with van der Waals surface area (Å²) in [5.41, 5.74) is 0.372. The van der Waals surface area contributed by atoms with Crippen molar-refractivity contribution < 1.29 is 19.1 Å². The fraction of sp³-hybridized carbons (Fsp3) is 0.286. The molecule has 0 bridgehead atoms. The summed E-state index contributed by atoms with van der Waals surface area (Å²) in [5, 5.41) is 5.50. The number of carbonyl (C=O) groups excluding carboxylic acids is 3. The molecule has 4 amide bonds. The van der Waals surface area contributed by atoms with E-state index in [9.17, 15) is 14.4 Å². The van der Waals surface area contributed by atoms with Gasteiger partial charge in [-0.15, -0.1) is 0 Å². The maximum absolute atomic E-state index is 13.0. The topological polar surface area (TPSA) is 87.7 Å². The van der Waals surface area contributed by atoms with E-state index in [1.165, 1.54) is 0 Å². The van der Waals surface area contributed by atoms with E-state index in [0.717, 1.165) is 10.5 Å². The summed E-state index contributed by atoms with van der Waals surface area (Å²) in [6, 6.07) is 15.8. The number of benzene rings is 2. The van der Waals surface area contributed by atoms with E-state index in [1.54, 1.807) is 25.3 Å². The van der Waals surface area contributed by atoms with Crippen LogP contribution >= 0.6 is 0 Å². The van der Waals surface area contributed by atoms with Gasteiger partial charge in [-0.2, -0.15) is 0 Å². The van der Waals surface area contributed by atoms with Gasteiger partial charge in [0.25, 0.3) is 5.91 Å². The fourth-order valence-corrected chi connectivity index (χ4v) is 3.37. The third kappa shape index (κ3) is 3.55. The Balaban J connectivity index is 1.69. The molecule has 1 fully saturated rings. The van der Waals surface area contributed by atoms with E-state index in [0.29, 0.717) is 17.7 Å². The molecule has 0 aromatic heterocycles. The first-order valence-electron chi connectivity index (χ1n) is 9.10. The van der Waals surface area contributed by atoms with Gasteiger partial charge in [0.2, 0.25) is 5.91 Å². The molecule has 1 aliphatic heterocycles. The zero-order chi connectivity index (χ0) is 20.1. The maximum atomic E-state index is 13.0. The monoisotopic (exact) mass is 381 g/mol. The lowest BCUT2D eigenvalue weighted by Crippen LogP contribution is -2.44. The Morgan fingerprint density at radius 3 is 2.46 bits per heavy atom. The second kappa shape index (κ2) is 8.12. The summed E-state index contributed by atoms with van der Waals surface area (Å²) in [6.07, 6.45) is 0.390. The molecule has 7 heteroatoms. The second-order valence-corrected chi connectivity index (χ2v) is 6.53. The number of carbonyl (C=O) groups is 3. The Bertz CT molecular complexity index is 884. The third-order valence-corrected chi connectivity index (χ3v) is 4.94. The molecule has 2 aromatic carbocycles. The van der Waals surface area contributed by atoms with Gasteiger partial charge >= 0.3 is 6.03 Å². The average Bonchev–Trinajstić information content (AvgIpc) is 2.98. The van der Waals surface area contributed by atoms with Crippen LogP contribution in [0.25, 0.3) is 0 Å². The molecule has 1 aliphatic rings. The second-order valence-electron chi connectivity index (χ2n) is 6.53. The van der Waals surface area contributed by atoms with E-state index >= 15 is 0 Å². The van der Waals surface area contributed by atoms with E-state index in [1.807, 2.05) is 43.3 Å². The summed E-state index contributed by atoms with van der Waals surface area (Å²) in [5.74, 6) is -0.181. The van der Waals surface area contributed by atoms with Crippen LogP contribution in [0.3, 0.4) is 0 Å². The minimum absolute atomic E-state index is 0.240. The number of hydrogen-bond acceptors (Lipinski definition) is 4. The highest BCUT2D eigenvalue weighted by atomic mass is 16.5.